The molecule has 1 aromatic carbocycles. The van der Waals surface area contributed by atoms with Gasteiger partial charge in [-0.25, -0.2) is 19.3 Å². The summed E-state index contributed by atoms with van der Waals surface area (Å²) in [6, 6.07) is 7.38. The molecule has 0 aliphatic carbocycles. The van der Waals surface area contributed by atoms with Gasteiger partial charge < -0.3 is 25.4 Å². The summed E-state index contributed by atoms with van der Waals surface area (Å²) in [7, 11) is 1.21. The molecule has 1 aliphatic heterocycles. The van der Waals surface area contributed by atoms with E-state index < -0.39 is 35.3 Å². The van der Waals surface area contributed by atoms with Gasteiger partial charge in [0.1, 0.15) is 11.4 Å². The van der Waals surface area contributed by atoms with Crippen molar-refractivity contribution in [3.8, 4) is 5.69 Å². The number of rotatable bonds is 5. The van der Waals surface area contributed by atoms with Crippen LogP contribution < -0.4 is 11.1 Å². The van der Waals surface area contributed by atoms with Gasteiger partial charge in [-0.05, 0) is 70.0 Å². The summed E-state index contributed by atoms with van der Waals surface area (Å²) >= 11 is 0. The Balaban J connectivity index is 1.58. The molecule has 1 fully saturated rings. The van der Waals surface area contributed by atoms with E-state index in [9.17, 15) is 27.6 Å². The Morgan fingerprint density at radius 3 is 2.40 bits per heavy atom. The predicted molar refractivity (Wildman–Crippen MR) is 146 cm³/mol. The number of piperidine rings is 1. The molecule has 1 saturated heterocycles. The first kappa shape index (κ1) is 30.3. The number of nitrogen functional groups attached to an aromatic ring is 1. The third kappa shape index (κ3) is 6.81. The first-order valence-electron chi connectivity index (χ1n) is 13.1. The first-order valence-corrected chi connectivity index (χ1v) is 13.1. The fraction of sp³-hybridized carbons (Fsp3) is 0.393. The summed E-state index contributed by atoms with van der Waals surface area (Å²) in [5.74, 6) is -1.96. The standard InChI is InChI=1S/C28H31F3N6O5/c1-27(2,3)42-26(40)36-13-5-6-17(15-36)22-21(32)23(25(39)41-4)37(35-22)19-9-7-16(8-10-19)24(38)34-20-14-18(11-12-33-20)28(29,30)31/h7-12,14,17H,5-6,13,15,32H2,1-4H3,(H,33,34,38). The Bertz CT molecular complexity index is 1480. The summed E-state index contributed by atoms with van der Waals surface area (Å²) in [6.45, 7) is 6.15. The predicted octanol–water partition coefficient (Wildman–Crippen LogP) is 5.02. The number of carbonyl (C=O) groups excluding carboxylic acids is 3. The second kappa shape index (κ2) is 11.7. The van der Waals surface area contributed by atoms with Gasteiger partial charge in [-0.15, -0.1) is 0 Å². The van der Waals surface area contributed by atoms with E-state index in [1.807, 2.05) is 0 Å². The number of nitrogens with two attached hydrogens (primary N) is 1. The van der Waals surface area contributed by atoms with Crippen molar-refractivity contribution in [1.82, 2.24) is 19.7 Å². The molecule has 2 amide bonds. The molecule has 3 heterocycles. The number of anilines is 2. The average Bonchev–Trinajstić information content (AvgIpc) is 3.28. The highest BCUT2D eigenvalue weighted by molar-refractivity contribution is 6.04. The van der Waals surface area contributed by atoms with Crippen molar-refractivity contribution in [2.45, 2.75) is 51.3 Å². The molecule has 4 rings (SSSR count). The number of likely N-dealkylation sites (tertiary alicyclic amines) is 1. The fourth-order valence-electron chi connectivity index (χ4n) is 4.54. The van der Waals surface area contributed by atoms with Crippen LogP contribution in [0.5, 0.6) is 0 Å². The monoisotopic (exact) mass is 588 g/mol. The summed E-state index contributed by atoms with van der Waals surface area (Å²) in [6.07, 6.45) is -2.74. The Morgan fingerprint density at radius 1 is 1.10 bits per heavy atom. The SMILES string of the molecule is COC(=O)c1c(N)c(C2CCCN(C(=O)OC(C)(C)C)C2)nn1-c1ccc(C(=O)Nc2cc(C(F)(F)F)ccn2)cc1. The van der Waals surface area contributed by atoms with Gasteiger partial charge in [0, 0.05) is 30.8 Å². The topological polar surface area (TPSA) is 142 Å². The number of benzene rings is 1. The van der Waals surface area contributed by atoms with Crippen molar-refractivity contribution in [1.29, 1.82) is 0 Å². The van der Waals surface area contributed by atoms with E-state index in [4.69, 9.17) is 15.2 Å². The van der Waals surface area contributed by atoms with Crippen LogP contribution in [0.2, 0.25) is 0 Å². The molecular formula is C28H31F3N6O5. The molecule has 11 nitrogen and oxygen atoms in total. The molecule has 42 heavy (non-hydrogen) atoms. The summed E-state index contributed by atoms with van der Waals surface area (Å²) in [5.41, 5.74) is 5.81. The van der Waals surface area contributed by atoms with E-state index in [1.165, 1.54) is 36.1 Å². The molecule has 3 N–H and O–H groups in total. The Morgan fingerprint density at radius 2 is 1.79 bits per heavy atom. The van der Waals surface area contributed by atoms with Crippen LogP contribution in [-0.2, 0) is 15.7 Å². The molecule has 0 bridgehead atoms. The highest BCUT2D eigenvalue weighted by Gasteiger charge is 2.34. The normalized spacial score (nSPS) is 15.7. The number of methoxy groups -OCH3 is 1. The van der Waals surface area contributed by atoms with Gasteiger partial charge >= 0.3 is 18.2 Å². The second-order valence-electron chi connectivity index (χ2n) is 10.7. The molecule has 0 spiro atoms. The van der Waals surface area contributed by atoms with Gasteiger partial charge in [0.25, 0.3) is 5.91 Å². The number of esters is 1. The van der Waals surface area contributed by atoms with Crippen LogP contribution in [0.1, 0.15) is 71.6 Å². The van der Waals surface area contributed by atoms with E-state index >= 15 is 0 Å². The Labute approximate surface area is 239 Å². The molecule has 2 aromatic heterocycles. The van der Waals surface area contributed by atoms with Crippen molar-refractivity contribution in [3.05, 3.63) is 65.1 Å². The lowest BCUT2D eigenvalue weighted by Gasteiger charge is -2.33. The maximum atomic E-state index is 13.0. The third-order valence-electron chi connectivity index (χ3n) is 6.49. The van der Waals surface area contributed by atoms with Gasteiger partial charge in [-0.3, -0.25) is 4.79 Å². The maximum Gasteiger partial charge on any atom is 0.416 e. The molecule has 3 aromatic rings. The molecule has 1 unspecified atom stereocenters. The summed E-state index contributed by atoms with van der Waals surface area (Å²) in [5, 5.41) is 6.95. The van der Waals surface area contributed by atoms with Crippen LogP contribution in [0.15, 0.2) is 42.6 Å². The van der Waals surface area contributed by atoms with E-state index in [-0.39, 0.29) is 28.7 Å². The van der Waals surface area contributed by atoms with Crippen molar-refractivity contribution in [3.63, 3.8) is 0 Å². The highest BCUT2D eigenvalue weighted by Crippen LogP contribution is 2.34. The quantitative estimate of drug-likeness (QED) is 0.396. The van der Waals surface area contributed by atoms with Crippen LogP contribution in [0.4, 0.5) is 29.5 Å². The van der Waals surface area contributed by atoms with Crippen LogP contribution in [0.3, 0.4) is 0 Å². The second-order valence-corrected chi connectivity index (χ2v) is 10.7. The number of alkyl halides is 3. The van der Waals surface area contributed by atoms with E-state index in [0.29, 0.717) is 37.3 Å². The van der Waals surface area contributed by atoms with Gasteiger partial charge in [0.05, 0.1) is 29.7 Å². The number of hydrogen-bond donors (Lipinski definition) is 2. The number of halogens is 3. The molecular weight excluding hydrogens is 557 g/mol. The van der Waals surface area contributed by atoms with E-state index in [1.54, 1.807) is 25.7 Å². The van der Waals surface area contributed by atoms with Gasteiger partial charge in [-0.1, -0.05) is 0 Å². The van der Waals surface area contributed by atoms with Gasteiger partial charge in [0.2, 0.25) is 0 Å². The minimum atomic E-state index is -4.59. The molecule has 0 radical (unpaired) electrons. The van der Waals surface area contributed by atoms with Gasteiger partial charge in [0.15, 0.2) is 5.69 Å². The third-order valence-corrected chi connectivity index (χ3v) is 6.49. The number of nitrogens with zero attached hydrogens (tertiary/aromatic N) is 4. The summed E-state index contributed by atoms with van der Waals surface area (Å²) in [4.78, 5) is 43.5. The number of carbonyl (C=O) groups is 3. The van der Waals surface area contributed by atoms with Crippen molar-refractivity contribution < 1.29 is 37.0 Å². The lowest BCUT2D eigenvalue weighted by molar-refractivity contribution is -0.137. The van der Waals surface area contributed by atoms with Crippen molar-refractivity contribution in [2.24, 2.45) is 0 Å². The zero-order valence-corrected chi connectivity index (χ0v) is 23.5. The lowest BCUT2D eigenvalue weighted by atomic mass is 9.94. The largest absolute Gasteiger partial charge is 0.464 e. The number of ether oxygens (including phenoxy) is 2. The maximum absolute atomic E-state index is 13.0. The molecule has 14 heteroatoms. The molecule has 0 saturated carbocycles. The smallest absolute Gasteiger partial charge is 0.416 e. The zero-order valence-electron chi connectivity index (χ0n) is 23.5. The Kier molecular flexibility index (Phi) is 8.45. The first-order chi connectivity index (χ1) is 19.7. The molecule has 1 atom stereocenters. The zero-order chi connectivity index (χ0) is 30.8. The minimum absolute atomic E-state index is 0.0211. The number of aromatic nitrogens is 3. The molecule has 224 valence electrons. The van der Waals surface area contributed by atoms with Crippen molar-refractivity contribution >= 4 is 29.5 Å². The number of nitrogens with one attached hydrogen (secondary N) is 1. The lowest BCUT2D eigenvalue weighted by Crippen LogP contribution is -2.42. The van der Waals surface area contributed by atoms with Gasteiger partial charge in [-0.2, -0.15) is 18.3 Å². The average molecular weight is 589 g/mol. The van der Waals surface area contributed by atoms with Crippen LogP contribution in [0, 0.1) is 0 Å². The van der Waals surface area contributed by atoms with Crippen LogP contribution in [0.25, 0.3) is 5.69 Å². The highest BCUT2D eigenvalue weighted by atomic mass is 19.4. The van der Waals surface area contributed by atoms with E-state index in [0.717, 1.165) is 18.3 Å². The summed E-state index contributed by atoms with van der Waals surface area (Å²) < 4.78 is 50.7. The molecule has 1 aliphatic rings. The van der Waals surface area contributed by atoms with E-state index in [2.05, 4.69) is 15.4 Å². The fourth-order valence-corrected chi connectivity index (χ4v) is 4.54. The number of amides is 2. The minimum Gasteiger partial charge on any atom is -0.464 e. The van der Waals surface area contributed by atoms with Crippen LogP contribution >= 0.6 is 0 Å². The van der Waals surface area contributed by atoms with Crippen molar-refractivity contribution in [2.75, 3.05) is 31.2 Å². The van der Waals surface area contributed by atoms with Crippen LogP contribution in [-0.4, -0.2) is 63.4 Å². The number of pyridine rings is 1. The number of hydrogen-bond acceptors (Lipinski definition) is 8. The Hall–Kier alpha value is -4.62.